The summed E-state index contributed by atoms with van der Waals surface area (Å²) >= 11 is 0. The minimum Gasteiger partial charge on any atom is -0.492 e. The largest absolute Gasteiger partial charge is 0.492 e. The molecule has 0 spiro atoms. The quantitative estimate of drug-likeness (QED) is 0.248. The molecule has 0 bridgehead atoms. The van der Waals surface area contributed by atoms with Gasteiger partial charge in [0.05, 0.1) is 17.1 Å². The fourth-order valence-corrected chi connectivity index (χ4v) is 4.36. The van der Waals surface area contributed by atoms with Crippen molar-refractivity contribution in [2.45, 2.75) is 13.0 Å². The van der Waals surface area contributed by atoms with Crippen LogP contribution in [0.25, 0.3) is 21.8 Å². The summed E-state index contributed by atoms with van der Waals surface area (Å²) in [6, 6.07) is 23.4. The molecular formula is C28H28N2O6. The van der Waals surface area contributed by atoms with Gasteiger partial charge in [0.2, 0.25) is 0 Å². The van der Waals surface area contributed by atoms with Gasteiger partial charge in [-0.1, -0.05) is 55.5 Å². The van der Waals surface area contributed by atoms with E-state index < -0.39 is 11.9 Å². The topological polar surface area (TPSA) is 110 Å². The molecule has 3 N–H and O–H groups in total. The molecule has 1 aliphatic heterocycles. The van der Waals surface area contributed by atoms with Gasteiger partial charge in [0.25, 0.3) is 0 Å². The fourth-order valence-electron chi connectivity index (χ4n) is 4.36. The first-order valence-corrected chi connectivity index (χ1v) is 11.7. The van der Waals surface area contributed by atoms with Crippen molar-refractivity contribution in [1.29, 1.82) is 0 Å². The van der Waals surface area contributed by atoms with Crippen LogP contribution < -0.4 is 14.8 Å². The maximum atomic E-state index is 9.55. The SMILES string of the molecule is CCNCCOc1cccc2c1c1cccc3c1n2C(c1ccccc1)CO3.O=C(O)C=CC(=O)O. The van der Waals surface area contributed by atoms with Crippen molar-refractivity contribution < 1.29 is 29.3 Å². The molecule has 1 atom stereocenters. The third kappa shape index (κ3) is 5.34. The second-order valence-electron chi connectivity index (χ2n) is 8.12. The molecule has 0 amide bonds. The first-order valence-electron chi connectivity index (χ1n) is 11.7. The highest BCUT2D eigenvalue weighted by atomic mass is 16.5. The molecule has 4 aromatic rings. The van der Waals surface area contributed by atoms with Crippen LogP contribution in [0.15, 0.2) is 78.9 Å². The van der Waals surface area contributed by atoms with Gasteiger partial charge in [-0.15, -0.1) is 0 Å². The van der Waals surface area contributed by atoms with Gasteiger partial charge in [-0.3, -0.25) is 0 Å². The Labute approximate surface area is 208 Å². The Morgan fingerprint density at radius 2 is 1.75 bits per heavy atom. The molecule has 1 aliphatic rings. The molecule has 0 radical (unpaired) electrons. The predicted octanol–water partition coefficient (Wildman–Crippen LogP) is 4.48. The van der Waals surface area contributed by atoms with Gasteiger partial charge >= 0.3 is 11.9 Å². The fraction of sp³-hybridized carbons (Fsp3) is 0.214. The zero-order chi connectivity index (χ0) is 25.5. The van der Waals surface area contributed by atoms with Gasteiger partial charge < -0.3 is 29.6 Å². The van der Waals surface area contributed by atoms with Crippen molar-refractivity contribution >= 4 is 33.7 Å². The number of benzene rings is 3. The standard InChI is InChI=1S/C24H24N2O2.C4H4O4/c1-2-25-14-15-27-21-12-7-11-19-23(21)18-10-6-13-22-24(18)26(19)20(16-28-22)17-8-4-3-5-9-17;5-3(6)1-2-4(7)8/h3-13,20,25H,2,14-16H2,1H3;1-2H,(H,5,6)(H,7,8). The van der Waals surface area contributed by atoms with Gasteiger partial charge in [0.1, 0.15) is 24.7 Å². The summed E-state index contributed by atoms with van der Waals surface area (Å²) in [5.41, 5.74) is 3.61. The number of hydrogen-bond acceptors (Lipinski definition) is 5. The normalized spacial score (nSPS) is 14.3. The number of fused-ring (bicyclic) bond motifs is 3. The first kappa shape index (κ1) is 24.8. The van der Waals surface area contributed by atoms with E-state index in [1.807, 2.05) is 0 Å². The van der Waals surface area contributed by atoms with E-state index >= 15 is 0 Å². The van der Waals surface area contributed by atoms with E-state index in [-0.39, 0.29) is 6.04 Å². The molecule has 2 heterocycles. The highest BCUT2D eigenvalue weighted by molar-refractivity contribution is 6.13. The van der Waals surface area contributed by atoms with Crippen LogP contribution in [-0.4, -0.2) is 53.0 Å². The van der Waals surface area contributed by atoms with Crippen molar-refractivity contribution in [3.8, 4) is 11.5 Å². The number of aromatic nitrogens is 1. The summed E-state index contributed by atoms with van der Waals surface area (Å²) < 4.78 is 14.8. The van der Waals surface area contributed by atoms with Crippen LogP contribution in [0, 0.1) is 0 Å². The average Bonchev–Trinajstić information content (AvgIpc) is 3.23. The molecule has 1 unspecified atom stereocenters. The maximum absolute atomic E-state index is 9.55. The summed E-state index contributed by atoms with van der Waals surface area (Å²) in [6.45, 7) is 5.18. The summed E-state index contributed by atoms with van der Waals surface area (Å²) in [4.78, 5) is 19.1. The van der Waals surface area contributed by atoms with Crippen LogP contribution in [0.3, 0.4) is 0 Å². The number of rotatable bonds is 8. The van der Waals surface area contributed by atoms with Crippen LogP contribution in [0.2, 0.25) is 0 Å². The van der Waals surface area contributed by atoms with Gasteiger partial charge in [-0.05, 0) is 30.3 Å². The summed E-state index contributed by atoms with van der Waals surface area (Å²) in [7, 11) is 0. The smallest absolute Gasteiger partial charge is 0.328 e. The summed E-state index contributed by atoms with van der Waals surface area (Å²) in [5.74, 6) is -0.635. The molecule has 8 nitrogen and oxygen atoms in total. The van der Waals surface area contributed by atoms with Gasteiger partial charge in [0.15, 0.2) is 0 Å². The van der Waals surface area contributed by atoms with Crippen LogP contribution in [-0.2, 0) is 9.59 Å². The molecular weight excluding hydrogens is 460 g/mol. The number of para-hydroxylation sites is 1. The van der Waals surface area contributed by atoms with E-state index in [0.29, 0.717) is 25.4 Å². The van der Waals surface area contributed by atoms with Crippen molar-refractivity contribution in [3.63, 3.8) is 0 Å². The monoisotopic (exact) mass is 488 g/mol. The molecule has 0 saturated heterocycles. The minimum absolute atomic E-state index is 0.146. The van der Waals surface area contributed by atoms with E-state index in [9.17, 15) is 9.59 Å². The van der Waals surface area contributed by atoms with Crippen molar-refractivity contribution in [3.05, 3.63) is 84.4 Å². The van der Waals surface area contributed by atoms with E-state index in [2.05, 4.69) is 83.5 Å². The van der Waals surface area contributed by atoms with Crippen LogP contribution >= 0.6 is 0 Å². The third-order valence-corrected chi connectivity index (χ3v) is 5.82. The van der Waals surface area contributed by atoms with Crippen LogP contribution in [0.4, 0.5) is 0 Å². The number of carbonyl (C=O) groups is 2. The number of hydrogen-bond donors (Lipinski definition) is 3. The summed E-state index contributed by atoms with van der Waals surface area (Å²) in [6.07, 6.45) is 1.12. The molecule has 3 aromatic carbocycles. The Balaban J connectivity index is 0.000000331. The van der Waals surface area contributed by atoms with Crippen LogP contribution in [0.1, 0.15) is 18.5 Å². The molecule has 0 fully saturated rings. The zero-order valence-corrected chi connectivity index (χ0v) is 19.9. The molecule has 5 rings (SSSR count). The number of carboxylic acid groups (broad SMARTS) is 2. The molecule has 8 heteroatoms. The number of carboxylic acids is 2. The Morgan fingerprint density at radius 3 is 2.44 bits per heavy atom. The second-order valence-corrected chi connectivity index (χ2v) is 8.12. The minimum atomic E-state index is -1.26. The Morgan fingerprint density at radius 1 is 1.03 bits per heavy atom. The van der Waals surface area contributed by atoms with Gasteiger partial charge in [0, 0.05) is 29.5 Å². The first-order chi connectivity index (χ1) is 17.5. The van der Waals surface area contributed by atoms with Crippen molar-refractivity contribution in [1.82, 2.24) is 9.88 Å². The molecule has 1 aromatic heterocycles. The summed E-state index contributed by atoms with van der Waals surface area (Å²) in [5, 5.41) is 21.3. The Kier molecular flexibility index (Phi) is 7.87. The highest BCUT2D eigenvalue weighted by Crippen LogP contribution is 2.44. The average molecular weight is 489 g/mol. The number of likely N-dealkylation sites (N-methyl/N-ethyl adjacent to an activating group) is 1. The lowest BCUT2D eigenvalue weighted by Gasteiger charge is -2.27. The number of nitrogens with zero attached hydrogens (tertiary/aromatic N) is 1. The molecule has 0 saturated carbocycles. The van der Waals surface area contributed by atoms with E-state index in [0.717, 1.165) is 30.1 Å². The van der Waals surface area contributed by atoms with Crippen molar-refractivity contribution in [2.75, 3.05) is 26.3 Å². The maximum Gasteiger partial charge on any atom is 0.328 e. The van der Waals surface area contributed by atoms with Gasteiger partial charge in [-0.25, -0.2) is 9.59 Å². The second kappa shape index (κ2) is 11.4. The van der Waals surface area contributed by atoms with E-state index in [4.69, 9.17) is 19.7 Å². The van der Waals surface area contributed by atoms with Gasteiger partial charge in [-0.2, -0.15) is 0 Å². The molecule has 36 heavy (non-hydrogen) atoms. The number of nitrogens with one attached hydrogen (secondary N) is 1. The molecule has 186 valence electrons. The number of ether oxygens (including phenoxy) is 2. The lowest BCUT2D eigenvalue weighted by molar-refractivity contribution is -0.134. The molecule has 0 aliphatic carbocycles. The van der Waals surface area contributed by atoms with Crippen LogP contribution in [0.5, 0.6) is 11.5 Å². The zero-order valence-electron chi connectivity index (χ0n) is 19.9. The predicted molar refractivity (Wildman–Crippen MR) is 138 cm³/mol. The highest BCUT2D eigenvalue weighted by Gasteiger charge is 2.28. The Bertz CT molecular complexity index is 1380. The van der Waals surface area contributed by atoms with E-state index in [1.165, 1.54) is 21.9 Å². The van der Waals surface area contributed by atoms with E-state index in [1.54, 1.807) is 0 Å². The lowest BCUT2D eigenvalue weighted by Crippen LogP contribution is -2.22. The third-order valence-electron chi connectivity index (χ3n) is 5.82. The van der Waals surface area contributed by atoms with Crippen molar-refractivity contribution in [2.24, 2.45) is 0 Å². The lowest BCUT2D eigenvalue weighted by atomic mass is 10.1. The number of aliphatic carboxylic acids is 2. The Hall–Kier alpha value is -4.30.